The van der Waals surface area contributed by atoms with Gasteiger partial charge in [0.25, 0.3) is 0 Å². The first-order valence-corrected chi connectivity index (χ1v) is 6.21. The Balaban J connectivity index is 1.74. The van der Waals surface area contributed by atoms with Crippen LogP contribution >= 0.6 is 0 Å². The van der Waals surface area contributed by atoms with Crippen LogP contribution < -0.4 is 10.6 Å². The van der Waals surface area contributed by atoms with Crippen LogP contribution in [0.15, 0.2) is 35.1 Å². The van der Waals surface area contributed by atoms with Crippen molar-refractivity contribution in [1.82, 2.24) is 15.5 Å². The van der Waals surface area contributed by atoms with Crippen molar-refractivity contribution in [2.75, 3.05) is 18.4 Å². The van der Waals surface area contributed by atoms with Crippen LogP contribution in [0.25, 0.3) is 11.5 Å². The van der Waals surface area contributed by atoms with Crippen LogP contribution in [0.3, 0.4) is 0 Å². The van der Waals surface area contributed by atoms with E-state index < -0.39 is 0 Å². The summed E-state index contributed by atoms with van der Waals surface area (Å²) >= 11 is 0. The molecule has 98 valence electrons. The second kappa shape index (κ2) is 5.19. The first kappa shape index (κ1) is 11.9. The number of aromatic nitrogens is 2. The summed E-state index contributed by atoms with van der Waals surface area (Å²) in [6, 6.07) is 7.39. The van der Waals surface area contributed by atoms with Gasteiger partial charge in [-0.05, 0) is 31.2 Å². The lowest BCUT2D eigenvalue weighted by Crippen LogP contribution is -2.24. The smallest absolute Gasteiger partial charge is 0.247 e. The molecule has 1 aliphatic heterocycles. The van der Waals surface area contributed by atoms with Gasteiger partial charge in [0.05, 0.1) is 5.92 Å². The average molecular weight is 258 g/mol. The molecule has 1 saturated heterocycles. The zero-order valence-electron chi connectivity index (χ0n) is 10.3. The van der Waals surface area contributed by atoms with Gasteiger partial charge in [-0.3, -0.25) is 4.79 Å². The van der Waals surface area contributed by atoms with Crippen molar-refractivity contribution in [3.63, 3.8) is 0 Å². The number of rotatable bonds is 3. The number of amides is 1. The van der Waals surface area contributed by atoms with E-state index in [1.54, 1.807) is 0 Å². The van der Waals surface area contributed by atoms with Crippen LogP contribution in [0.5, 0.6) is 0 Å². The fourth-order valence-corrected chi connectivity index (χ4v) is 2.15. The van der Waals surface area contributed by atoms with Gasteiger partial charge in [0, 0.05) is 17.8 Å². The van der Waals surface area contributed by atoms with Gasteiger partial charge in [0.2, 0.25) is 18.2 Å². The van der Waals surface area contributed by atoms with Crippen LogP contribution in [0.2, 0.25) is 0 Å². The summed E-state index contributed by atoms with van der Waals surface area (Å²) in [4.78, 5) is 12.0. The standard InChI is InChI=1S/C13H14N4O2/c18-12(10-4-5-14-7-10)16-11-3-1-2-9(6-11)13-17-15-8-19-13/h1-3,6,8,10,14H,4-5,7H2,(H,16,18). The number of benzene rings is 1. The summed E-state index contributed by atoms with van der Waals surface area (Å²) in [6.45, 7) is 1.65. The van der Waals surface area contributed by atoms with Crippen molar-refractivity contribution in [3.8, 4) is 11.5 Å². The fourth-order valence-electron chi connectivity index (χ4n) is 2.15. The Morgan fingerprint density at radius 1 is 1.47 bits per heavy atom. The Hall–Kier alpha value is -2.21. The number of carbonyl (C=O) groups excluding carboxylic acids is 1. The van der Waals surface area contributed by atoms with E-state index in [9.17, 15) is 4.79 Å². The largest absolute Gasteiger partial charge is 0.423 e. The predicted octanol–water partition coefficient (Wildman–Crippen LogP) is 1.28. The molecule has 1 amide bonds. The molecule has 1 fully saturated rings. The van der Waals surface area contributed by atoms with Crippen molar-refractivity contribution in [2.45, 2.75) is 6.42 Å². The molecular weight excluding hydrogens is 244 g/mol. The fraction of sp³-hybridized carbons (Fsp3) is 0.308. The average Bonchev–Trinajstić information content (AvgIpc) is 3.13. The van der Waals surface area contributed by atoms with Crippen LogP contribution in [0.1, 0.15) is 6.42 Å². The second-order valence-electron chi connectivity index (χ2n) is 4.50. The molecule has 1 unspecified atom stereocenters. The molecule has 1 aromatic carbocycles. The van der Waals surface area contributed by atoms with Gasteiger partial charge in [0.15, 0.2) is 0 Å². The van der Waals surface area contributed by atoms with E-state index in [0.29, 0.717) is 5.89 Å². The van der Waals surface area contributed by atoms with Crippen molar-refractivity contribution in [1.29, 1.82) is 0 Å². The Morgan fingerprint density at radius 3 is 3.16 bits per heavy atom. The summed E-state index contributed by atoms with van der Waals surface area (Å²) < 4.78 is 5.13. The lowest BCUT2D eigenvalue weighted by molar-refractivity contribution is -0.119. The van der Waals surface area contributed by atoms with Crippen molar-refractivity contribution in [2.24, 2.45) is 5.92 Å². The lowest BCUT2D eigenvalue weighted by Gasteiger charge is -2.10. The van der Waals surface area contributed by atoms with Crippen LogP contribution in [0, 0.1) is 5.92 Å². The van der Waals surface area contributed by atoms with Gasteiger partial charge in [-0.25, -0.2) is 0 Å². The number of nitrogens with zero attached hydrogens (tertiary/aromatic N) is 2. The van der Waals surface area contributed by atoms with Gasteiger partial charge in [-0.1, -0.05) is 6.07 Å². The highest BCUT2D eigenvalue weighted by Crippen LogP contribution is 2.21. The van der Waals surface area contributed by atoms with E-state index in [1.165, 1.54) is 6.39 Å². The Labute approximate surface area is 110 Å². The first-order valence-electron chi connectivity index (χ1n) is 6.21. The van der Waals surface area contributed by atoms with Crippen LogP contribution in [-0.4, -0.2) is 29.2 Å². The van der Waals surface area contributed by atoms with Crippen LogP contribution in [0.4, 0.5) is 5.69 Å². The molecule has 0 aliphatic carbocycles. The molecule has 2 aromatic rings. The first-order chi connectivity index (χ1) is 9.33. The summed E-state index contributed by atoms with van der Waals surface area (Å²) in [6.07, 6.45) is 2.17. The summed E-state index contributed by atoms with van der Waals surface area (Å²) in [5, 5.41) is 13.6. The quantitative estimate of drug-likeness (QED) is 0.867. The number of hydrogen-bond acceptors (Lipinski definition) is 5. The lowest BCUT2D eigenvalue weighted by atomic mass is 10.1. The minimum absolute atomic E-state index is 0.0482. The third-order valence-electron chi connectivity index (χ3n) is 3.17. The molecule has 0 spiro atoms. The highest BCUT2D eigenvalue weighted by molar-refractivity contribution is 5.93. The third-order valence-corrected chi connectivity index (χ3v) is 3.17. The molecule has 2 N–H and O–H groups in total. The highest BCUT2D eigenvalue weighted by Gasteiger charge is 2.22. The molecule has 6 heteroatoms. The maximum atomic E-state index is 12.0. The number of nitrogens with one attached hydrogen (secondary N) is 2. The summed E-state index contributed by atoms with van der Waals surface area (Å²) in [7, 11) is 0. The van der Waals surface area contributed by atoms with Gasteiger partial charge < -0.3 is 15.1 Å². The molecule has 1 aromatic heterocycles. The number of hydrogen-bond donors (Lipinski definition) is 2. The molecule has 0 bridgehead atoms. The molecular formula is C13H14N4O2. The molecule has 19 heavy (non-hydrogen) atoms. The van der Waals surface area contributed by atoms with Gasteiger partial charge in [-0.15, -0.1) is 10.2 Å². The molecule has 0 saturated carbocycles. The van der Waals surface area contributed by atoms with Gasteiger partial charge in [0.1, 0.15) is 0 Å². The second-order valence-corrected chi connectivity index (χ2v) is 4.50. The molecule has 1 aliphatic rings. The zero-order valence-corrected chi connectivity index (χ0v) is 10.3. The predicted molar refractivity (Wildman–Crippen MR) is 69.3 cm³/mol. The number of carbonyl (C=O) groups is 1. The molecule has 2 heterocycles. The topological polar surface area (TPSA) is 80.1 Å². The van der Waals surface area contributed by atoms with E-state index in [2.05, 4.69) is 20.8 Å². The maximum Gasteiger partial charge on any atom is 0.247 e. The minimum Gasteiger partial charge on any atom is -0.423 e. The van der Waals surface area contributed by atoms with E-state index in [-0.39, 0.29) is 11.8 Å². The van der Waals surface area contributed by atoms with E-state index in [1.807, 2.05) is 24.3 Å². The maximum absolute atomic E-state index is 12.0. The molecule has 6 nitrogen and oxygen atoms in total. The van der Waals surface area contributed by atoms with Crippen molar-refractivity contribution >= 4 is 11.6 Å². The van der Waals surface area contributed by atoms with Gasteiger partial charge >= 0.3 is 0 Å². The Morgan fingerprint density at radius 2 is 2.42 bits per heavy atom. The third kappa shape index (κ3) is 2.63. The molecule has 3 rings (SSSR count). The van der Waals surface area contributed by atoms with Crippen molar-refractivity contribution in [3.05, 3.63) is 30.7 Å². The summed E-state index contributed by atoms with van der Waals surface area (Å²) in [5.41, 5.74) is 1.53. The highest BCUT2D eigenvalue weighted by atomic mass is 16.4. The van der Waals surface area contributed by atoms with Crippen LogP contribution in [-0.2, 0) is 4.79 Å². The Kier molecular flexibility index (Phi) is 3.24. The van der Waals surface area contributed by atoms with E-state index in [4.69, 9.17) is 4.42 Å². The minimum atomic E-state index is 0.0482. The van der Waals surface area contributed by atoms with E-state index in [0.717, 1.165) is 30.8 Å². The van der Waals surface area contributed by atoms with Gasteiger partial charge in [-0.2, -0.15) is 0 Å². The molecule has 1 atom stereocenters. The van der Waals surface area contributed by atoms with Crippen molar-refractivity contribution < 1.29 is 9.21 Å². The molecule has 0 radical (unpaired) electrons. The summed E-state index contributed by atoms with van der Waals surface area (Å²) in [5.74, 6) is 0.540. The van der Waals surface area contributed by atoms with E-state index >= 15 is 0 Å². The monoisotopic (exact) mass is 258 g/mol. The SMILES string of the molecule is O=C(Nc1cccc(-c2nnco2)c1)C1CCNC1. The normalized spacial score (nSPS) is 18.4. The Bertz CT molecular complexity index is 562. The zero-order chi connectivity index (χ0) is 13.1. The number of anilines is 1.